The van der Waals surface area contributed by atoms with Crippen molar-refractivity contribution in [2.24, 2.45) is 5.92 Å². The van der Waals surface area contributed by atoms with E-state index in [1.54, 1.807) is 0 Å². The van der Waals surface area contributed by atoms with E-state index >= 15 is 0 Å². The minimum atomic E-state index is 0.0315. The summed E-state index contributed by atoms with van der Waals surface area (Å²) in [7, 11) is 0. The van der Waals surface area contributed by atoms with Crippen molar-refractivity contribution >= 4 is 21.7 Å². The first-order chi connectivity index (χ1) is 8.27. The Morgan fingerprint density at radius 1 is 1.41 bits per heavy atom. The van der Waals surface area contributed by atoms with E-state index in [0.29, 0.717) is 6.61 Å². The van der Waals surface area contributed by atoms with Crippen molar-refractivity contribution < 1.29 is 9.53 Å². The maximum absolute atomic E-state index is 12.3. The van der Waals surface area contributed by atoms with Crippen LogP contribution in [0.15, 0.2) is 22.7 Å². The first-order valence-corrected chi connectivity index (χ1v) is 6.69. The van der Waals surface area contributed by atoms with Crippen molar-refractivity contribution in [3.8, 4) is 0 Å². The number of hydrogen-bond donors (Lipinski definition) is 1. The molecule has 17 heavy (non-hydrogen) atoms. The molecule has 0 bridgehead atoms. The van der Waals surface area contributed by atoms with E-state index in [0.717, 1.165) is 35.2 Å². The predicted octanol–water partition coefficient (Wildman–Crippen LogP) is 1.79. The van der Waals surface area contributed by atoms with Gasteiger partial charge in [0, 0.05) is 28.5 Å². The average Bonchev–Trinajstić information content (AvgIpc) is 2.70. The van der Waals surface area contributed by atoms with Crippen molar-refractivity contribution in [1.29, 1.82) is 0 Å². The van der Waals surface area contributed by atoms with E-state index in [1.165, 1.54) is 0 Å². The molecule has 1 aromatic carbocycles. The zero-order valence-corrected chi connectivity index (χ0v) is 11.0. The van der Waals surface area contributed by atoms with Crippen LogP contribution in [0.4, 0.5) is 0 Å². The minimum Gasteiger partial charge on any atom is -0.378 e. The third-order valence-corrected chi connectivity index (χ3v) is 4.32. The van der Waals surface area contributed by atoms with E-state index in [1.807, 2.05) is 18.2 Å². The standard InChI is InChI=1S/C13H14BrNO2/c14-11-3-1-2-8-9(11)6-10(13(8)16)12-7-17-5-4-15-12/h1-3,10,12,15H,4-7H2. The first kappa shape index (κ1) is 11.4. The van der Waals surface area contributed by atoms with Gasteiger partial charge in [0.05, 0.1) is 13.2 Å². The Morgan fingerprint density at radius 2 is 2.29 bits per heavy atom. The Kier molecular flexibility index (Phi) is 3.03. The molecule has 1 heterocycles. The van der Waals surface area contributed by atoms with Gasteiger partial charge in [-0.2, -0.15) is 0 Å². The molecule has 0 saturated carbocycles. The number of carbonyl (C=O) groups excluding carboxylic acids is 1. The number of ether oxygens (including phenoxy) is 1. The third kappa shape index (κ3) is 1.94. The van der Waals surface area contributed by atoms with Gasteiger partial charge in [0.1, 0.15) is 0 Å². The summed E-state index contributed by atoms with van der Waals surface area (Å²) >= 11 is 3.52. The molecule has 2 atom stereocenters. The Labute approximate surface area is 109 Å². The fraction of sp³-hybridized carbons (Fsp3) is 0.462. The van der Waals surface area contributed by atoms with Crippen LogP contribution in [0, 0.1) is 5.92 Å². The van der Waals surface area contributed by atoms with Crippen molar-refractivity contribution in [2.75, 3.05) is 19.8 Å². The number of Topliss-reactive ketones (excluding diaryl/α,β-unsaturated/α-hetero) is 1. The van der Waals surface area contributed by atoms with Crippen LogP contribution in [0.2, 0.25) is 0 Å². The topological polar surface area (TPSA) is 38.3 Å². The second-order valence-corrected chi connectivity index (χ2v) is 5.43. The molecule has 90 valence electrons. The van der Waals surface area contributed by atoms with Crippen LogP contribution < -0.4 is 5.32 Å². The number of benzene rings is 1. The second kappa shape index (κ2) is 4.52. The number of rotatable bonds is 1. The largest absolute Gasteiger partial charge is 0.378 e. The molecule has 1 aliphatic carbocycles. The molecule has 1 N–H and O–H groups in total. The number of halogens is 1. The zero-order chi connectivity index (χ0) is 11.8. The fourth-order valence-corrected chi connectivity index (χ4v) is 3.21. The number of morpholine rings is 1. The molecule has 1 aliphatic heterocycles. The summed E-state index contributed by atoms with van der Waals surface area (Å²) in [6.45, 7) is 2.22. The highest BCUT2D eigenvalue weighted by Gasteiger charge is 2.37. The van der Waals surface area contributed by atoms with Gasteiger partial charge in [-0.25, -0.2) is 0 Å². The number of carbonyl (C=O) groups is 1. The summed E-state index contributed by atoms with van der Waals surface area (Å²) < 4.78 is 6.49. The lowest BCUT2D eigenvalue weighted by molar-refractivity contribution is 0.0522. The van der Waals surface area contributed by atoms with Gasteiger partial charge in [-0.15, -0.1) is 0 Å². The van der Waals surface area contributed by atoms with Crippen LogP contribution in [0.3, 0.4) is 0 Å². The van der Waals surface area contributed by atoms with Gasteiger partial charge in [-0.05, 0) is 18.1 Å². The van der Waals surface area contributed by atoms with E-state index < -0.39 is 0 Å². The smallest absolute Gasteiger partial charge is 0.168 e. The SMILES string of the molecule is O=C1c2cccc(Br)c2CC1C1COCCN1. The summed E-state index contributed by atoms with van der Waals surface area (Å²) in [4.78, 5) is 12.3. The number of hydrogen-bond acceptors (Lipinski definition) is 3. The van der Waals surface area contributed by atoms with Crippen LogP contribution in [-0.4, -0.2) is 31.6 Å². The van der Waals surface area contributed by atoms with Crippen LogP contribution in [0.1, 0.15) is 15.9 Å². The molecule has 3 rings (SSSR count). The van der Waals surface area contributed by atoms with Crippen molar-refractivity contribution in [3.63, 3.8) is 0 Å². The molecule has 0 aromatic heterocycles. The van der Waals surface area contributed by atoms with Gasteiger partial charge in [-0.3, -0.25) is 4.79 Å². The van der Waals surface area contributed by atoms with E-state index in [2.05, 4.69) is 21.2 Å². The van der Waals surface area contributed by atoms with Crippen LogP contribution in [-0.2, 0) is 11.2 Å². The molecule has 0 spiro atoms. The van der Waals surface area contributed by atoms with E-state index in [4.69, 9.17) is 4.74 Å². The highest BCUT2D eigenvalue weighted by Crippen LogP contribution is 2.34. The van der Waals surface area contributed by atoms with E-state index in [-0.39, 0.29) is 17.7 Å². The molecule has 2 aliphatic rings. The van der Waals surface area contributed by atoms with Crippen molar-refractivity contribution in [2.45, 2.75) is 12.5 Å². The van der Waals surface area contributed by atoms with Gasteiger partial charge in [0.2, 0.25) is 0 Å². The molecule has 0 amide bonds. The monoisotopic (exact) mass is 295 g/mol. The normalized spacial score (nSPS) is 28.2. The molecule has 0 radical (unpaired) electrons. The maximum Gasteiger partial charge on any atom is 0.168 e. The Morgan fingerprint density at radius 3 is 3.00 bits per heavy atom. The fourth-order valence-electron chi connectivity index (χ4n) is 2.68. The minimum absolute atomic E-state index is 0.0315. The summed E-state index contributed by atoms with van der Waals surface area (Å²) in [5.41, 5.74) is 2.02. The van der Waals surface area contributed by atoms with Crippen LogP contribution >= 0.6 is 15.9 Å². The second-order valence-electron chi connectivity index (χ2n) is 4.58. The first-order valence-electron chi connectivity index (χ1n) is 5.90. The van der Waals surface area contributed by atoms with Crippen molar-refractivity contribution in [1.82, 2.24) is 5.32 Å². The van der Waals surface area contributed by atoms with Crippen LogP contribution in [0.5, 0.6) is 0 Å². The summed E-state index contributed by atoms with van der Waals surface area (Å²) in [6.07, 6.45) is 0.816. The Hall–Kier alpha value is -0.710. The number of nitrogens with one attached hydrogen (secondary N) is 1. The molecule has 2 unspecified atom stereocenters. The van der Waals surface area contributed by atoms with Gasteiger partial charge >= 0.3 is 0 Å². The number of ketones is 1. The third-order valence-electron chi connectivity index (χ3n) is 3.58. The van der Waals surface area contributed by atoms with Gasteiger partial charge in [0.15, 0.2) is 5.78 Å². The molecule has 1 aromatic rings. The van der Waals surface area contributed by atoms with Gasteiger partial charge in [0.25, 0.3) is 0 Å². The lowest BCUT2D eigenvalue weighted by Gasteiger charge is -2.27. The Balaban J connectivity index is 1.88. The molecular formula is C13H14BrNO2. The summed E-state index contributed by atoms with van der Waals surface area (Å²) in [6, 6.07) is 6.01. The van der Waals surface area contributed by atoms with Crippen LogP contribution in [0.25, 0.3) is 0 Å². The summed E-state index contributed by atoms with van der Waals surface area (Å²) in [5.74, 6) is 0.285. The molecule has 3 nitrogen and oxygen atoms in total. The lowest BCUT2D eigenvalue weighted by Crippen LogP contribution is -2.47. The number of fused-ring (bicyclic) bond motifs is 1. The zero-order valence-electron chi connectivity index (χ0n) is 9.41. The highest BCUT2D eigenvalue weighted by atomic mass is 79.9. The molecule has 1 fully saturated rings. The lowest BCUT2D eigenvalue weighted by atomic mass is 9.95. The quantitative estimate of drug-likeness (QED) is 0.858. The van der Waals surface area contributed by atoms with E-state index in [9.17, 15) is 4.79 Å². The van der Waals surface area contributed by atoms with Gasteiger partial charge in [-0.1, -0.05) is 28.1 Å². The summed E-state index contributed by atoms with van der Waals surface area (Å²) in [5, 5.41) is 3.38. The molecule has 4 heteroatoms. The molecule has 1 saturated heterocycles. The maximum atomic E-state index is 12.3. The van der Waals surface area contributed by atoms with Gasteiger partial charge < -0.3 is 10.1 Å². The average molecular weight is 296 g/mol. The molecular weight excluding hydrogens is 282 g/mol. The van der Waals surface area contributed by atoms with Crippen molar-refractivity contribution in [3.05, 3.63) is 33.8 Å². The highest BCUT2D eigenvalue weighted by molar-refractivity contribution is 9.10. The predicted molar refractivity (Wildman–Crippen MR) is 68.3 cm³/mol. The Bertz CT molecular complexity index is 455.